The number of likely N-dealkylation sites (tertiary alicyclic amines) is 1. The van der Waals surface area contributed by atoms with Crippen LogP contribution in [0.1, 0.15) is 53.4 Å². The molecule has 0 atom stereocenters. The smallest absolute Gasteiger partial charge is 0.259 e. The fraction of sp³-hybridized carbons (Fsp3) is 0.458. The fourth-order valence-electron chi connectivity index (χ4n) is 4.79. The first-order valence-electron chi connectivity index (χ1n) is 11.1. The van der Waals surface area contributed by atoms with Gasteiger partial charge in [0.15, 0.2) is 0 Å². The van der Waals surface area contributed by atoms with Gasteiger partial charge in [0.2, 0.25) is 5.91 Å². The van der Waals surface area contributed by atoms with E-state index in [9.17, 15) is 9.59 Å². The molecular weight excluding hydrogens is 426 g/mol. The second-order valence-electron chi connectivity index (χ2n) is 8.42. The van der Waals surface area contributed by atoms with Crippen molar-refractivity contribution in [3.8, 4) is 0 Å². The van der Waals surface area contributed by atoms with Gasteiger partial charge >= 0.3 is 0 Å². The third-order valence-electron chi connectivity index (χ3n) is 6.44. The second-order valence-corrected chi connectivity index (χ2v) is 10.6. The number of benzene rings is 1. The summed E-state index contributed by atoms with van der Waals surface area (Å²) < 4.78 is 0. The molecule has 5 nitrogen and oxygen atoms in total. The van der Waals surface area contributed by atoms with E-state index in [1.165, 1.54) is 16.0 Å². The maximum atomic E-state index is 12.6. The Balaban J connectivity index is 1.09. The molecule has 1 aliphatic carbocycles. The van der Waals surface area contributed by atoms with Gasteiger partial charge in [0.25, 0.3) is 5.56 Å². The molecule has 0 radical (unpaired) electrons. The van der Waals surface area contributed by atoms with Crippen LogP contribution in [-0.4, -0.2) is 39.6 Å². The molecule has 1 saturated heterocycles. The number of H-pyrrole nitrogens is 1. The number of nitrogens with zero attached hydrogens (tertiary/aromatic N) is 2. The Morgan fingerprint density at radius 3 is 2.81 bits per heavy atom. The summed E-state index contributed by atoms with van der Waals surface area (Å²) in [6.07, 6.45) is 5.84. The maximum Gasteiger partial charge on any atom is 0.259 e. The topological polar surface area (TPSA) is 66.1 Å². The van der Waals surface area contributed by atoms with Gasteiger partial charge in [0.05, 0.1) is 11.1 Å². The summed E-state index contributed by atoms with van der Waals surface area (Å²) in [7, 11) is 0. The molecule has 7 heteroatoms. The largest absolute Gasteiger partial charge is 0.343 e. The lowest BCUT2D eigenvalue weighted by atomic mass is 9.89. The maximum absolute atomic E-state index is 12.6. The van der Waals surface area contributed by atoms with E-state index >= 15 is 0 Å². The number of piperidine rings is 1. The van der Waals surface area contributed by atoms with Crippen LogP contribution in [0.25, 0.3) is 10.2 Å². The number of fused-ring (bicyclic) bond motifs is 3. The fourth-order valence-corrected chi connectivity index (χ4v) is 6.86. The zero-order valence-corrected chi connectivity index (χ0v) is 19.2. The number of rotatable bonds is 6. The SMILES string of the molecule is O=C(CCSCc1nc2sc3c(c2c(=O)[nH]1)CCC3)N1CCC(c2ccccc2)CC1. The molecule has 3 aromatic rings. The Bertz CT molecular complexity index is 1130. The quantitative estimate of drug-likeness (QED) is 0.558. The van der Waals surface area contributed by atoms with Crippen molar-refractivity contribution in [1.29, 1.82) is 0 Å². The van der Waals surface area contributed by atoms with Gasteiger partial charge in [-0.2, -0.15) is 11.8 Å². The van der Waals surface area contributed by atoms with Crippen molar-refractivity contribution in [3.63, 3.8) is 0 Å². The Labute approximate surface area is 190 Å². The highest BCUT2D eigenvalue weighted by molar-refractivity contribution is 7.98. The average Bonchev–Trinajstić information content (AvgIpc) is 3.38. The Hall–Kier alpha value is -2.12. The van der Waals surface area contributed by atoms with Crippen LogP contribution in [0.4, 0.5) is 0 Å². The number of hydrogen-bond donors (Lipinski definition) is 1. The van der Waals surface area contributed by atoms with Gasteiger partial charge in [0.1, 0.15) is 10.7 Å². The third-order valence-corrected chi connectivity index (χ3v) is 8.60. The first-order valence-corrected chi connectivity index (χ1v) is 13.1. The molecule has 0 saturated carbocycles. The number of nitrogens with one attached hydrogen (secondary N) is 1. The van der Waals surface area contributed by atoms with Crippen molar-refractivity contribution in [2.45, 2.75) is 50.2 Å². The van der Waals surface area contributed by atoms with Crippen LogP contribution < -0.4 is 5.56 Å². The van der Waals surface area contributed by atoms with Crippen molar-refractivity contribution in [2.75, 3.05) is 18.8 Å². The molecule has 1 N–H and O–H groups in total. The summed E-state index contributed by atoms with van der Waals surface area (Å²) in [6, 6.07) is 10.6. The molecule has 162 valence electrons. The van der Waals surface area contributed by atoms with Gasteiger partial charge in [-0.3, -0.25) is 9.59 Å². The summed E-state index contributed by atoms with van der Waals surface area (Å²) >= 11 is 3.34. The zero-order chi connectivity index (χ0) is 21.2. The zero-order valence-electron chi connectivity index (χ0n) is 17.6. The van der Waals surface area contributed by atoms with Crippen molar-refractivity contribution in [2.24, 2.45) is 0 Å². The van der Waals surface area contributed by atoms with Gasteiger partial charge in [-0.05, 0) is 49.1 Å². The Kier molecular flexibility index (Phi) is 6.14. The number of aromatic nitrogens is 2. The summed E-state index contributed by atoms with van der Waals surface area (Å²) in [5.41, 5.74) is 2.60. The van der Waals surface area contributed by atoms with Crippen molar-refractivity contribution >= 4 is 39.2 Å². The van der Waals surface area contributed by atoms with Gasteiger partial charge in [-0.1, -0.05) is 30.3 Å². The minimum atomic E-state index is -0.00244. The first-order chi connectivity index (χ1) is 15.2. The molecule has 0 spiro atoms. The minimum Gasteiger partial charge on any atom is -0.343 e. The lowest BCUT2D eigenvalue weighted by Crippen LogP contribution is -2.38. The van der Waals surface area contributed by atoms with E-state index < -0.39 is 0 Å². The normalized spacial score (nSPS) is 16.7. The van der Waals surface area contributed by atoms with Crippen LogP contribution in [0, 0.1) is 0 Å². The second kappa shape index (κ2) is 9.17. The predicted octanol–water partition coefficient (Wildman–Crippen LogP) is 4.50. The van der Waals surface area contributed by atoms with E-state index in [4.69, 9.17) is 0 Å². The molecule has 2 aromatic heterocycles. The van der Waals surface area contributed by atoms with E-state index in [0.29, 0.717) is 18.1 Å². The van der Waals surface area contributed by atoms with Crippen LogP contribution in [0.15, 0.2) is 35.1 Å². The summed E-state index contributed by atoms with van der Waals surface area (Å²) in [5, 5.41) is 0.806. The lowest BCUT2D eigenvalue weighted by molar-refractivity contribution is -0.131. The molecular formula is C24H27N3O2S2. The van der Waals surface area contributed by atoms with Crippen LogP contribution in [0.2, 0.25) is 0 Å². The standard InChI is InChI=1S/C24H27N3O2S2/c28-21(27-12-9-17(10-13-27)16-5-2-1-3-6-16)11-14-30-15-20-25-23(29)22-18-7-4-8-19(18)31-24(22)26-20/h1-3,5-6,17H,4,7-15H2,(H,25,26,29). The number of carbonyl (C=O) groups excluding carboxylic acids is 1. The highest BCUT2D eigenvalue weighted by atomic mass is 32.2. The molecule has 31 heavy (non-hydrogen) atoms. The van der Waals surface area contributed by atoms with Gasteiger partial charge in [-0.25, -0.2) is 4.98 Å². The van der Waals surface area contributed by atoms with Crippen LogP contribution in [0.3, 0.4) is 0 Å². The van der Waals surface area contributed by atoms with Gasteiger partial charge < -0.3 is 9.88 Å². The Morgan fingerprint density at radius 2 is 2.00 bits per heavy atom. The summed E-state index contributed by atoms with van der Waals surface area (Å²) in [6.45, 7) is 1.69. The monoisotopic (exact) mass is 453 g/mol. The first kappa shape index (κ1) is 20.8. The molecule has 1 aliphatic heterocycles. The summed E-state index contributed by atoms with van der Waals surface area (Å²) in [4.78, 5) is 37.0. The molecule has 5 rings (SSSR count). The van der Waals surface area contributed by atoms with Crippen LogP contribution >= 0.6 is 23.1 Å². The van der Waals surface area contributed by atoms with Crippen molar-refractivity contribution in [1.82, 2.24) is 14.9 Å². The molecule has 1 aromatic carbocycles. The van der Waals surface area contributed by atoms with E-state index in [2.05, 4.69) is 40.3 Å². The third kappa shape index (κ3) is 4.44. The number of carbonyl (C=O) groups is 1. The molecule has 0 unspecified atom stereocenters. The highest BCUT2D eigenvalue weighted by Gasteiger charge is 2.24. The molecule has 1 fully saturated rings. The number of amides is 1. The van der Waals surface area contributed by atoms with Gasteiger partial charge in [-0.15, -0.1) is 11.3 Å². The Morgan fingerprint density at radius 1 is 1.19 bits per heavy atom. The van der Waals surface area contributed by atoms with Crippen molar-refractivity contribution in [3.05, 3.63) is 62.5 Å². The van der Waals surface area contributed by atoms with E-state index in [1.54, 1.807) is 23.1 Å². The van der Waals surface area contributed by atoms with Crippen molar-refractivity contribution < 1.29 is 4.79 Å². The van der Waals surface area contributed by atoms with E-state index in [0.717, 1.165) is 67.0 Å². The molecule has 3 heterocycles. The summed E-state index contributed by atoms with van der Waals surface area (Å²) in [5.74, 6) is 2.91. The molecule has 2 aliphatic rings. The van der Waals surface area contributed by atoms with Crippen LogP contribution in [-0.2, 0) is 23.4 Å². The van der Waals surface area contributed by atoms with E-state index in [-0.39, 0.29) is 11.5 Å². The molecule has 1 amide bonds. The predicted molar refractivity (Wildman–Crippen MR) is 128 cm³/mol. The van der Waals surface area contributed by atoms with E-state index in [1.807, 2.05) is 4.90 Å². The number of thioether (sulfide) groups is 1. The number of aryl methyl sites for hydroxylation is 2. The number of hydrogen-bond acceptors (Lipinski definition) is 5. The van der Waals surface area contributed by atoms with Crippen LogP contribution in [0.5, 0.6) is 0 Å². The lowest BCUT2D eigenvalue weighted by Gasteiger charge is -2.32. The number of thiophene rings is 1. The average molecular weight is 454 g/mol. The minimum absolute atomic E-state index is 0.00244. The van der Waals surface area contributed by atoms with Gasteiger partial charge in [0, 0.05) is 30.1 Å². The highest BCUT2D eigenvalue weighted by Crippen LogP contribution is 2.34. The number of aromatic amines is 1. The molecule has 0 bridgehead atoms.